The summed E-state index contributed by atoms with van der Waals surface area (Å²) in [4.78, 5) is 13.8. The molecule has 3 heterocycles. The summed E-state index contributed by atoms with van der Waals surface area (Å²) in [6.07, 6.45) is -3.76. The van der Waals surface area contributed by atoms with Crippen LogP contribution < -0.4 is 4.90 Å². The smallest absolute Gasteiger partial charge is 0.354 e. The molecule has 24 heavy (non-hydrogen) atoms. The molecule has 6 nitrogen and oxygen atoms in total. The summed E-state index contributed by atoms with van der Waals surface area (Å²) in [5.74, 6) is -0.791. The lowest BCUT2D eigenvalue weighted by atomic mass is 10.3. The predicted octanol–water partition coefficient (Wildman–Crippen LogP) is 3.11. The molecule has 10 heteroatoms. The van der Waals surface area contributed by atoms with E-state index in [1.807, 2.05) is 12.3 Å². The normalized spacial score (nSPS) is 12.1. The van der Waals surface area contributed by atoms with Gasteiger partial charge >= 0.3 is 6.18 Å². The summed E-state index contributed by atoms with van der Waals surface area (Å²) in [5.41, 5.74) is 1.43. The third-order valence-corrected chi connectivity index (χ3v) is 4.41. The molecule has 0 N–H and O–H groups in total. The van der Waals surface area contributed by atoms with E-state index in [1.54, 1.807) is 36.3 Å². The van der Waals surface area contributed by atoms with E-state index < -0.39 is 12.0 Å². The van der Waals surface area contributed by atoms with Crippen molar-refractivity contribution in [3.05, 3.63) is 33.7 Å². The zero-order valence-corrected chi connectivity index (χ0v) is 14.1. The molecule has 0 saturated heterocycles. The zero-order chi connectivity index (χ0) is 17.5. The highest BCUT2D eigenvalue weighted by molar-refractivity contribution is 7.09. The third kappa shape index (κ3) is 3.18. The van der Waals surface area contributed by atoms with Gasteiger partial charge in [-0.25, -0.2) is 9.97 Å². The van der Waals surface area contributed by atoms with Crippen molar-refractivity contribution >= 4 is 22.9 Å². The van der Waals surface area contributed by atoms with E-state index in [4.69, 9.17) is 0 Å². The lowest BCUT2D eigenvalue weighted by Crippen LogP contribution is -2.20. The molecule has 0 aliphatic rings. The SMILES string of the molecule is CCc1nc(CN(C)c2cc(C)nc3nc(C(F)(F)F)nn23)cs1. The molecule has 0 aliphatic carbocycles. The van der Waals surface area contributed by atoms with E-state index in [0.717, 1.165) is 21.6 Å². The Hall–Kier alpha value is -2.23. The average Bonchev–Trinajstić information content (AvgIpc) is 3.11. The number of anilines is 1. The van der Waals surface area contributed by atoms with Crippen molar-refractivity contribution in [2.75, 3.05) is 11.9 Å². The van der Waals surface area contributed by atoms with Crippen LogP contribution in [-0.2, 0) is 19.1 Å². The van der Waals surface area contributed by atoms with Crippen LogP contribution in [0.3, 0.4) is 0 Å². The van der Waals surface area contributed by atoms with Crippen molar-refractivity contribution in [2.24, 2.45) is 0 Å². The molecule has 3 rings (SSSR count). The van der Waals surface area contributed by atoms with Crippen LogP contribution in [0.1, 0.15) is 29.1 Å². The van der Waals surface area contributed by atoms with Crippen LogP contribution in [0.25, 0.3) is 5.78 Å². The fourth-order valence-electron chi connectivity index (χ4n) is 2.27. The molecule has 0 amide bonds. The molecule has 0 unspecified atom stereocenters. The van der Waals surface area contributed by atoms with E-state index in [1.165, 1.54) is 0 Å². The first-order valence-electron chi connectivity index (χ1n) is 7.24. The Morgan fingerprint density at radius 2 is 2.00 bits per heavy atom. The topological polar surface area (TPSA) is 59.2 Å². The maximum absolute atomic E-state index is 12.9. The van der Waals surface area contributed by atoms with Gasteiger partial charge in [-0.05, 0) is 13.3 Å². The van der Waals surface area contributed by atoms with Gasteiger partial charge < -0.3 is 4.90 Å². The molecular weight excluding hydrogens is 341 g/mol. The minimum Gasteiger partial charge on any atom is -0.354 e. The van der Waals surface area contributed by atoms with Crippen LogP contribution in [0, 0.1) is 6.92 Å². The van der Waals surface area contributed by atoms with Gasteiger partial charge in [0.2, 0.25) is 0 Å². The number of alkyl halides is 3. The summed E-state index contributed by atoms with van der Waals surface area (Å²) < 4.78 is 39.7. The largest absolute Gasteiger partial charge is 0.453 e. The number of nitrogens with zero attached hydrogens (tertiary/aromatic N) is 6. The van der Waals surface area contributed by atoms with Gasteiger partial charge in [0.05, 0.1) is 17.2 Å². The molecule has 0 spiro atoms. The number of hydrogen-bond acceptors (Lipinski definition) is 6. The number of fused-ring (bicyclic) bond motifs is 1. The molecule has 0 aliphatic heterocycles. The number of halogens is 3. The first-order valence-corrected chi connectivity index (χ1v) is 8.12. The number of thiazole rings is 1. The number of aromatic nitrogens is 5. The van der Waals surface area contributed by atoms with E-state index in [0.29, 0.717) is 18.1 Å². The van der Waals surface area contributed by atoms with Crippen LogP contribution in [-0.4, -0.2) is 31.6 Å². The minimum atomic E-state index is -4.61. The molecule has 3 aromatic rings. The van der Waals surface area contributed by atoms with Crippen molar-refractivity contribution in [1.82, 2.24) is 24.6 Å². The lowest BCUT2D eigenvalue weighted by Gasteiger charge is -2.18. The van der Waals surface area contributed by atoms with Gasteiger partial charge in [-0.2, -0.15) is 22.7 Å². The fourth-order valence-corrected chi connectivity index (χ4v) is 3.00. The van der Waals surface area contributed by atoms with Crippen molar-refractivity contribution < 1.29 is 13.2 Å². The Balaban J connectivity index is 1.99. The minimum absolute atomic E-state index is 0.0725. The fraction of sp³-hybridized carbons (Fsp3) is 0.429. The van der Waals surface area contributed by atoms with Gasteiger partial charge in [0.25, 0.3) is 11.6 Å². The van der Waals surface area contributed by atoms with Crippen LogP contribution in [0.2, 0.25) is 0 Å². The van der Waals surface area contributed by atoms with Crippen LogP contribution >= 0.6 is 11.3 Å². The maximum atomic E-state index is 12.9. The molecular formula is C14H15F3N6S. The van der Waals surface area contributed by atoms with E-state index in [2.05, 4.69) is 20.1 Å². The van der Waals surface area contributed by atoms with Gasteiger partial charge in [0.1, 0.15) is 5.82 Å². The summed E-state index contributed by atoms with van der Waals surface area (Å²) in [6, 6.07) is 1.68. The van der Waals surface area contributed by atoms with Crippen LogP contribution in [0.5, 0.6) is 0 Å². The lowest BCUT2D eigenvalue weighted by molar-refractivity contribution is -0.144. The second kappa shape index (κ2) is 6.00. The molecule has 0 atom stereocenters. The third-order valence-electron chi connectivity index (χ3n) is 3.37. The van der Waals surface area contributed by atoms with Crippen LogP contribution in [0.4, 0.5) is 19.0 Å². The molecule has 3 aromatic heterocycles. The van der Waals surface area contributed by atoms with Gasteiger partial charge in [-0.1, -0.05) is 6.92 Å². The van der Waals surface area contributed by atoms with Crippen LogP contribution in [0.15, 0.2) is 11.4 Å². The summed E-state index contributed by atoms with van der Waals surface area (Å²) in [5, 5.41) is 6.54. The molecule has 0 radical (unpaired) electrons. The molecule has 0 aromatic carbocycles. The first-order chi connectivity index (χ1) is 11.3. The Bertz CT molecular complexity index is 869. The first kappa shape index (κ1) is 16.6. The molecule has 0 saturated carbocycles. The van der Waals surface area contributed by atoms with Crippen molar-refractivity contribution in [2.45, 2.75) is 33.0 Å². The number of hydrogen-bond donors (Lipinski definition) is 0. The second-order valence-corrected chi connectivity index (χ2v) is 6.29. The van der Waals surface area contributed by atoms with Crippen molar-refractivity contribution in [3.63, 3.8) is 0 Å². The van der Waals surface area contributed by atoms with Crippen molar-refractivity contribution in [3.8, 4) is 0 Å². The number of aryl methyl sites for hydroxylation is 2. The molecule has 0 bridgehead atoms. The average molecular weight is 356 g/mol. The Labute approximate surface area is 140 Å². The standard InChI is InChI=1S/C14H15F3N6S/c1-4-10-19-9(7-24-10)6-22(3)11-5-8(2)18-13-20-12(14(15,16)17)21-23(11)13/h5,7H,4,6H2,1-3H3. The summed E-state index contributed by atoms with van der Waals surface area (Å²) >= 11 is 1.57. The van der Waals surface area contributed by atoms with E-state index in [-0.39, 0.29) is 5.78 Å². The van der Waals surface area contributed by atoms with E-state index in [9.17, 15) is 13.2 Å². The summed E-state index contributed by atoms with van der Waals surface area (Å²) in [6.45, 7) is 4.18. The molecule has 0 fully saturated rings. The highest BCUT2D eigenvalue weighted by Gasteiger charge is 2.37. The predicted molar refractivity (Wildman–Crippen MR) is 84.1 cm³/mol. The highest BCUT2D eigenvalue weighted by atomic mass is 32.1. The number of rotatable bonds is 4. The summed E-state index contributed by atoms with van der Waals surface area (Å²) in [7, 11) is 1.77. The van der Waals surface area contributed by atoms with E-state index >= 15 is 0 Å². The van der Waals surface area contributed by atoms with Gasteiger partial charge in [0.15, 0.2) is 0 Å². The van der Waals surface area contributed by atoms with Gasteiger partial charge in [-0.15, -0.1) is 16.4 Å². The van der Waals surface area contributed by atoms with Crippen molar-refractivity contribution in [1.29, 1.82) is 0 Å². The Kier molecular flexibility index (Phi) is 4.16. The quantitative estimate of drug-likeness (QED) is 0.719. The molecule has 128 valence electrons. The Morgan fingerprint density at radius 3 is 2.62 bits per heavy atom. The highest BCUT2D eigenvalue weighted by Crippen LogP contribution is 2.28. The Morgan fingerprint density at radius 1 is 1.25 bits per heavy atom. The van der Waals surface area contributed by atoms with Gasteiger partial charge in [-0.3, -0.25) is 0 Å². The zero-order valence-electron chi connectivity index (χ0n) is 13.3. The van der Waals surface area contributed by atoms with Gasteiger partial charge in [0, 0.05) is 24.2 Å². The second-order valence-electron chi connectivity index (χ2n) is 5.34. The monoisotopic (exact) mass is 356 g/mol. The maximum Gasteiger partial charge on any atom is 0.453 e.